The Labute approximate surface area is 140 Å². The second kappa shape index (κ2) is 9.56. The number of aryl methyl sites for hydroxylation is 2. The summed E-state index contributed by atoms with van der Waals surface area (Å²) in [7, 11) is 1.82. The van der Waals surface area contributed by atoms with Gasteiger partial charge in [-0.15, -0.1) is 0 Å². The lowest BCUT2D eigenvalue weighted by Crippen LogP contribution is -2.39. The monoisotopic (exact) mass is 317 g/mol. The van der Waals surface area contributed by atoms with Crippen LogP contribution in [-0.4, -0.2) is 39.3 Å². The Morgan fingerprint density at radius 2 is 1.83 bits per heavy atom. The van der Waals surface area contributed by atoms with Crippen LogP contribution < -0.4 is 10.6 Å². The summed E-state index contributed by atoms with van der Waals surface area (Å²) < 4.78 is 5.63. The maximum absolute atomic E-state index is 5.63. The van der Waals surface area contributed by atoms with Crippen LogP contribution >= 0.6 is 0 Å². The van der Waals surface area contributed by atoms with Crippen LogP contribution in [0.3, 0.4) is 0 Å². The predicted molar refractivity (Wildman–Crippen MR) is 97.1 cm³/mol. The van der Waals surface area contributed by atoms with Gasteiger partial charge in [-0.1, -0.05) is 29.3 Å². The molecule has 4 heteroatoms. The van der Waals surface area contributed by atoms with Gasteiger partial charge in [0.15, 0.2) is 5.96 Å². The molecule has 128 valence electrons. The molecule has 1 fully saturated rings. The summed E-state index contributed by atoms with van der Waals surface area (Å²) in [5, 5.41) is 6.72. The zero-order valence-corrected chi connectivity index (χ0v) is 14.8. The fourth-order valence-corrected chi connectivity index (χ4v) is 2.67. The van der Waals surface area contributed by atoms with Crippen molar-refractivity contribution >= 4 is 5.96 Å². The molecule has 0 heterocycles. The Morgan fingerprint density at radius 1 is 1.13 bits per heavy atom. The molecule has 0 aromatic heterocycles. The topological polar surface area (TPSA) is 45.7 Å². The van der Waals surface area contributed by atoms with Crippen LogP contribution in [-0.2, 0) is 11.2 Å². The average molecular weight is 317 g/mol. The van der Waals surface area contributed by atoms with E-state index in [9.17, 15) is 0 Å². The van der Waals surface area contributed by atoms with Gasteiger partial charge in [-0.05, 0) is 51.0 Å². The van der Waals surface area contributed by atoms with E-state index in [1.807, 2.05) is 7.05 Å². The molecular formula is C19H31N3O. The first kappa shape index (κ1) is 17.8. The Morgan fingerprint density at radius 3 is 2.48 bits per heavy atom. The van der Waals surface area contributed by atoms with Gasteiger partial charge in [0, 0.05) is 33.4 Å². The average Bonchev–Trinajstić information content (AvgIpc) is 3.32. The fourth-order valence-electron chi connectivity index (χ4n) is 2.67. The van der Waals surface area contributed by atoms with E-state index in [4.69, 9.17) is 4.74 Å². The van der Waals surface area contributed by atoms with Crippen molar-refractivity contribution in [2.75, 3.05) is 33.4 Å². The standard InChI is InChI=1S/C19H31N3O/c1-15-11-16(2)13-18(12-15)7-9-22-19(20-3)21-8-4-10-23-14-17-5-6-17/h11-13,17H,4-10,14H2,1-3H3,(H2,20,21,22). The summed E-state index contributed by atoms with van der Waals surface area (Å²) in [5.74, 6) is 1.72. The van der Waals surface area contributed by atoms with Gasteiger partial charge in [0.05, 0.1) is 0 Å². The summed E-state index contributed by atoms with van der Waals surface area (Å²) in [6.45, 7) is 7.87. The molecule has 1 aliphatic rings. The first-order chi connectivity index (χ1) is 11.2. The largest absolute Gasteiger partial charge is 0.381 e. The summed E-state index contributed by atoms with van der Waals surface area (Å²) in [5.41, 5.74) is 4.03. The third kappa shape index (κ3) is 7.51. The Kier molecular flexibility index (Phi) is 7.40. The molecule has 0 atom stereocenters. The number of guanidine groups is 1. The minimum absolute atomic E-state index is 0.836. The van der Waals surface area contributed by atoms with Crippen LogP contribution in [0.4, 0.5) is 0 Å². The van der Waals surface area contributed by atoms with Gasteiger partial charge in [-0.25, -0.2) is 0 Å². The molecule has 23 heavy (non-hydrogen) atoms. The van der Waals surface area contributed by atoms with E-state index in [1.165, 1.54) is 29.5 Å². The molecule has 0 spiro atoms. The number of benzene rings is 1. The molecule has 0 unspecified atom stereocenters. The Balaban J connectivity index is 1.56. The number of hydrogen-bond donors (Lipinski definition) is 2. The van der Waals surface area contributed by atoms with Crippen molar-refractivity contribution in [1.29, 1.82) is 0 Å². The number of nitrogens with one attached hydrogen (secondary N) is 2. The SMILES string of the molecule is CN=C(NCCCOCC1CC1)NCCc1cc(C)cc(C)c1. The van der Waals surface area contributed by atoms with Gasteiger partial charge >= 0.3 is 0 Å². The Bertz CT molecular complexity index is 489. The van der Waals surface area contributed by atoms with Crippen LogP contribution in [0.15, 0.2) is 23.2 Å². The molecule has 4 nitrogen and oxygen atoms in total. The molecule has 0 saturated heterocycles. The van der Waals surface area contributed by atoms with Crippen molar-refractivity contribution in [3.63, 3.8) is 0 Å². The lowest BCUT2D eigenvalue weighted by Gasteiger charge is -2.12. The third-order valence-corrected chi connectivity index (χ3v) is 4.02. The lowest BCUT2D eigenvalue weighted by molar-refractivity contribution is 0.123. The van der Waals surface area contributed by atoms with Crippen molar-refractivity contribution in [2.45, 2.75) is 39.5 Å². The normalized spacial score (nSPS) is 14.8. The highest BCUT2D eigenvalue weighted by molar-refractivity contribution is 5.79. The molecule has 1 aromatic rings. The van der Waals surface area contributed by atoms with Gasteiger partial charge in [-0.3, -0.25) is 4.99 Å². The minimum atomic E-state index is 0.836. The molecular weight excluding hydrogens is 286 g/mol. The molecule has 2 rings (SSSR count). The van der Waals surface area contributed by atoms with E-state index in [0.717, 1.165) is 51.0 Å². The molecule has 2 N–H and O–H groups in total. The van der Waals surface area contributed by atoms with Gasteiger partial charge in [0.2, 0.25) is 0 Å². The molecule has 1 aliphatic carbocycles. The van der Waals surface area contributed by atoms with Crippen molar-refractivity contribution in [1.82, 2.24) is 10.6 Å². The third-order valence-electron chi connectivity index (χ3n) is 4.02. The maximum atomic E-state index is 5.63. The molecule has 0 bridgehead atoms. The van der Waals surface area contributed by atoms with Crippen molar-refractivity contribution in [2.24, 2.45) is 10.9 Å². The molecule has 0 radical (unpaired) electrons. The summed E-state index contributed by atoms with van der Waals surface area (Å²) in [6.07, 6.45) is 4.74. The van der Waals surface area contributed by atoms with Crippen molar-refractivity contribution < 1.29 is 4.74 Å². The van der Waals surface area contributed by atoms with E-state index in [1.54, 1.807) is 0 Å². The molecule has 0 amide bonds. The highest BCUT2D eigenvalue weighted by Gasteiger charge is 2.20. The van der Waals surface area contributed by atoms with Crippen LogP contribution in [0.2, 0.25) is 0 Å². The number of hydrogen-bond acceptors (Lipinski definition) is 2. The smallest absolute Gasteiger partial charge is 0.190 e. The lowest BCUT2D eigenvalue weighted by atomic mass is 10.1. The van der Waals surface area contributed by atoms with Crippen molar-refractivity contribution in [3.05, 3.63) is 34.9 Å². The van der Waals surface area contributed by atoms with E-state index in [0.29, 0.717) is 0 Å². The van der Waals surface area contributed by atoms with E-state index in [-0.39, 0.29) is 0 Å². The Hall–Kier alpha value is -1.55. The predicted octanol–water partition coefficient (Wildman–Crippen LogP) is 2.83. The summed E-state index contributed by atoms with van der Waals surface area (Å²) in [4.78, 5) is 4.26. The van der Waals surface area contributed by atoms with Crippen LogP contribution in [0.1, 0.15) is 36.0 Å². The van der Waals surface area contributed by atoms with Crippen LogP contribution in [0.5, 0.6) is 0 Å². The number of aliphatic imine (C=N–C) groups is 1. The van der Waals surface area contributed by atoms with Gasteiger partial charge in [0.1, 0.15) is 0 Å². The van der Waals surface area contributed by atoms with Crippen molar-refractivity contribution in [3.8, 4) is 0 Å². The minimum Gasteiger partial charge on any atom is -0.381 e. The fraction of sp³-hybridized carbons (Fsp3) is 0.632. The van der Waals surface area contributed by atoms with Gasteiger partial charge in [0.25, 0.3) is 0 Å². The highest BCUT2D eigenvalue weighted by Crippen LogP contribution is 2.28. The van der Waals surface area contributed by atoms with Gasteiger partial charge < -0.3 is 15.4 Å². The summed E-state index contributed by atoms with van der Waals surface area (Å²) in [6, 6.07) is 6.72. The zero-order valence-electron chi connectivity index (χ0n) is 14.8. The molecule has 1 saturated carbocycles. The quantitative estimate of drug-likeness (QED) is 0.418. The second-order valence-electron chi connectivity index (χ2n) is 6.54. The number of ether oxygens (including phenoxy) is 1. The van der Waals surface area contributed by atoms with Gasteiger partial charge in [-0.2, -0.15) is 0 Å². The molecule has 1 aromatic carbocycles. The highest BCUT2D eigenvalue weighted by atomic mass is 16.5. The van der Waals surface area contributed by atoms with E-state index < -0.39 is 0 Å². The first-order valence-corrected chi connectivity index (χ1v) is 8.77. The van der Waals surface area contributed by atoms with E-state index in [2.05, 4.69) is 47.7 Å². The second-order valence-corrected chi connectivity index (χ2v) is 6.54. The van der Waals surface area contributed by atoms with E-state index >= 15 is 0 Å². The maximum Gasteiger partial charge on any atom is 0.190 e. The number of nitrogens with zero attached hydrogens (tertiary/aromatic N) is 1. The zero-order chi connectivity index (χ0) is 16.5. The first-order valence-electron chi connectivity index (χ1n) is 8.77. The number of rotatable bonds is 9. The van der Waals surface area contributed by atoms with Crippen LogP contribution in [0.25, 0.3) is 0 Å². The summed E-state index contributed by atoms with van der Waals surface area (Å²) >= 11 is 0. The molecule has 0 aliphatic heterocycles. The van der Waals surface area contributed by atoms with Crippen LogP contribution in [0, 0.1) is 19.8 Å².